The molecular weight excluding hydrogens is 590 g/mol. The van der Waals surface area contributed by atoms with Crippen molar-refractivity contribution in [3.63, 3.8) is 0 Å². The number of tetrazole rings is 1. The monoisotopic (exact) mass is 610 g/mol. The van der Waals surface area contributed by atoms with Gasteiger partial charge in [0.2, 0.25) is 0 Å². The number of aromatic nitrogens is 5. The van der Waals surface area contributed by atoms with Crippen molar-refractivity contribution in [1.29, 1.82) is 0 Å². The van der Waals surface area contributed by atoms with Crippen molar-refractivity contribution in [2.75, 3.05) is 18.0 Å². The van der Waals surface area contributed by atoms with Crippen LogP contribution in [0.25, 0.3) is 22.6 Å². The summed E-state index contributed by atoms with van der Waals surface area (Å²) < 4.78 is 26.2. The largest absolute Gasteiger partial charge is 0.489 e. The molecule has 2 aromatic heterocycles. The third-order valence-corrected chi connectivity index (χ3v) is 8.43. The molecule has 1 aliphatic carbocycles. The molecule has 0 unspecified atom stereocenters. The Bertz CT molecular complexity index is 1710. The van der Waals surface area contributed by atoms with Crippen LogP contribution in [0.5, 0.6) is 5.75 Å². The molecule has 1 saturated heterocycles. The van der Waals surface area contributed by atoms with E-state index in [0.717, 1.165) is 35.4 Å². The molecule has 41 heavy (non-hydrogen) atoms. The lowest BCUT2D eigenvalue weighted by atomic mass is 9.89. The Morgan fingerprint density at radius 3 is 2.49 bits per heavy atom. The van der Waals surface area contributed by atoms with Gasteiger partial charge in [-0.2, -0.15) is 0 Å². The van der Waals surface area contributed by atoms with Crippen LogP contribution >= 0.6 is 34.8 Å². The van der Waals surface area contributed by atoms with Gasteiger partial charge in [-0.3, -0.25) is 0 Å². The van der Waals surface area contributed by atoms with E-state index in [9.17, 15) is 4.39 Å². The third kappa shape index (κ3) is 5.14. The highest BCUT2D eigenvalue weighted by Crippen LogP contribution is 2.46. The zero-order valence-electron chi connectivity index (χ0n) is 21.5. The molecule has 3 aromatic carbocycles. The number of nitrogens with one attached hydrogen (secondary N) is 1. The first-order chi connectivity index (χ1) is 19.9. The third-order valence-electron chi connectivity index (χ3n) is 7.50. The van der Waals surface area contributed by atoms with E-state index in [1.165, 1.54) is 6.07 Å². The lowest BCUT2D eigenvalue weighted by Gasteiger charge is -2.42. The Morgan fingerprint density at radius 2 is 1.78 bits per heavy atom. The summed E-state index contributed by atoms with van der Waals surface area (Å²) in [5, 5.41) is 19.6. The zero-order chi connectivity index (χ0) is 28.1. The maximum Gasteiger partial charge on any atom is 0.179 e. The minimum absolute atomic E-state index is 0.150. The fourth-order valence-electron chi connectivity index (χ4n) is 5.19. The topological polar surface area (TPSA) is 93.0 Å². The highest BCUT2D eigenvalue weighted by Gasteiger charge is 2.34. The molecule has 1 aliphatic heterocycles. The van der Waals surface area contributed by atoms with Gasteiger partial charge >= 0.3 is 0 Å². The zero-order valence-corrected chi connectivity index (χ0v) is 23.7. The second-order valence-corrected chi connectivity index (χ2v) is 11.5. The van der Waals surface area contributed by atoms with Gasteiger partial charge in [0.05, 0.1) is 26.3 Å². The van der Waals surface area contributed by atoms with E-state index in [1.54, 1.807) is 30.3 Å². The van der Waals surface area contributed by atoms with Crippen molar-refractivity contribution in [3.05, 3.63) is 92.4 Å². The van der Waals surface area contributed by atoms with E-state index in [0.29, 0.717) is 62.5 Å². The fraction of sp³-hybridized carbons (Fsp3) is 0.241. The molecule has 2 aliphatic rings. The van der Waals surface area contributed by atoms with E-state index in [-0.39, 0.29) is 18.3 Å². The summed E-state index contributed by atoms with van der Waals surface area (Å²) in [6, 6.07) is 15.9. The predicted octanol–water partition coefficient (Wildman–Crippen LogP) is 7.68. The minimum atomic E-state index is -0.329. The van der Waals surface area contributed by atoms with E-state index >= 15 is 0 Å². The molecule has 0 atom stereocenters. The first-order valence-corrected chi connectivity index (χ1v) is 14.2. The first kappa shape index (κ1) is 26.3. The highest BCUT2D eigenvalue weighted by atomic mass is 35.5. The van der Waals surface area contributed by atoms with Gasteiger partial charge in [0.15, 0.2) is 5.82 Å². The number of ether oxygens (including phenoxy) is 1. The maximum absolute atomic E-state index is 14.3. The van der Waals surface area contributed by atoms with Gasteiger partial charge in [-0.1, -0.05) is 46.0 Å². The summed E-state index contributed by atoms with van der Waals surface area (Å²) in [4.78, 5) is 2.15. The number of anilines is 1. The standard InChI is InChI=1S/C29H22Cl3FN6O2/c30-22-2-1-3-23(31)26(22)27-21(28(41-36-27)15-4-5-15)14-40-20-6-7-25(24(32)11-20)39-12-18(13-39)16-8-17(10-19(33)9-16)29-34-37-38-35-29/h1-3,6-11,15,18H,4-5,12-14H2,(H,34,35,37,38). The SMILES string of the molecule is Fc1cc(-c2nnn[nH]2)cc(C2CN(c3ccc(OCc4c(-c5c(Cl)cccc5Cl)noc4C4CC4)cc3Cl)C2)c1. The Morgan fingerprint density at radius 1 is 0.976 bits per heavy atom. The predicted molar refractivity (Wildman–Crippen MR) is 154 cm³/mol. The molecule has 0 amide bonds. The number of benzene rings is 3. The average molecular weight is 612 g/mol. The molecule has 12 heteroatoms. The Hall–Kier alpha value is -3.66. The second kappa shape index (κ2) is 10.6. The van der Waals surface area contributed by atoms with E-state index in [1.807, 2.05) is 18.2 Å². The molecular formula is C29H22Cl3FN6O2. The van der Waals surface area contributed by atoms with Gasteiger partial charge in [-0.05, 0) is 71.3 Å². The van der Waals surface area contributed by atoms with Gasteiger partial charge in [0.25, 0.3) is 0 Å². The van der Waals surface area contributed by atoms with Crippen LogP contribution in [-0.2, 0) is 6.61 Å². The van der Waals surface area contributed by atoms with Crippen LogP contribution in [-0.4, -0.2) is 38.9 Å². The molecule has 5 aromatic rings. The van der Waals surface area contributed by atoms with Crippen LogP contribution in [0.4, 0.5) is 10.1 Å². The molecule has 1 saturated carbocycles. The molecule has 0 radical (unpaired) electrons. The van der Waals surface area contributed by atoms with Gasteiger partial charge in [-0.25, -0.2) is 9.49 Å². The summed E-state index contributed by atoms with van der Waals surface area (Å²) in [5.74, 6) is 2.00. The molecule has 1 N–H and O–H groups in total. The Labute approximate surface area is 249 Å². The average Bonchev–Trinajstić information content (AvgIpc) is 3.44. The second-order valence-electron chi connectivity index (χ2n) is 10.3. The van der Waals surface area contributed by atoms with Gasteiger partial charge in [-0.15, -0.1) is 5.10 Å². The number of hydrogen-bond donors (Lipinski definition) is 1. The van der Waals surface area contributed by atoms with Gasteiger partial charge in [0, 0.05) is 42.1 Å². The smallest absolute Gasteiger partial charge is 0.179 e. The van der Waals surface area contributed by atoms with E-state index in [4.69, 9.17) is 44.1 Å². The van der Waals surface area contributed by atoms with E-state index < -0.39 is 0 Å². The molecule has 0 bridgehead atoms. The van der Waals surface area contributed by atoms with Crippen LogP contribution in [0.15, 0.2) is 59.1 Å². The Kier molecular flexibility index (Phi) is 6.81. The van der Waals surface area contributed by atoms with Crippen molar-refractivity contribution in [2.24, 2.45) is 0 Å². The summed E-state index contributed by atoms with van der Waals surface area (Å²) in [7, 11) is 0. The van der Waals surface area contributed by atoms with Crippen molar-refractivity contribution in [2.45, 2.75) is 31.3 Å². The van der Waals surface area contributed by atoms with Crippen molar-refractivity contribution >= 4 is 40.5 Å². The lowest BCUT2D eigenvalue weighted by Crippen LogP contribution is -2.45. The summed E-state index contributed by atoms with van der Waals surface area (Å²) in [6.45, 7) is 1.63. The molecule has 2 fully saturated rings. The molecule has 7 rings (SSSR count). The fourth-order valence-corrected chi connectivity index (χ4v) is 6.06. The summed E-state index contributed by atoms with van der Waals surface area (Å²) >= 11 is 19.6. The molecule has 0 spiro atoms. The summed E-state index contributed by atoms with van der Waals surface area (Å²) in [5.41, 5.74) is 4.45. The van der Waals surface area contributed by atoms with Crippen LogP contribution in [0, 0.1) is 5.82 Å². The quantitative estimate of drug-likeness (QED) is 0.192. The number of nitrogens with zero attached hydrogens (tertiary/aromatic N) is 5. The highest BCUT2D eigenvalue weighted by molar-refractivity contribution is 6.39. The normalized spacial score (nSPS) is 15.3. The summed E-state index contributed by atoms with van der Waals surface area (Å²) in [6.07, 6.45) is 2.09. The van der Waals surface area contributed by atoms with Crippen LogP contribution in [0.1, 0.15) is 41.6 Å². The van der Waals surface area contributed by atoms with Crippen LogP contribution in [0.3, 0.4) is 0 Å². The number of aromatic amines is 1. The van der Waals surface area contributed by atoms with Crippen LogP contribution < -0.4 is 9.64 Å². The minimum Gasteiger partial charge on any atom is -0.489 e. The number of hydrogen-bond acceptors (Lipinski definition) is 7. The van der Waals surface area contributed by atoms with E-state index in [2.05, 4.69) is 30.7 Å². The molecule has 3 heterocycles. The van der Waals surface area contributed by atoms with Gasteiger partial charge < -0.3 is 14.2 Å². The van der Waals surface area contributed by atoms with Crippen molar-refractivity contribution < 1.29 is 13.7 Å². The van der Waals surface area contributed by atoms with Gasteiger partial charge in [0.1, 0.15) is 29.6 Å². The maximum atomic E-state index is 14.3. The van der Waals surface area contributed by atoms with Crippen molar-refractivity contribution in [1.82, 2.24) is 25.8 Å². The Balaban J connectivity index is 1.06. The van der Waals surface area contributed by atoms with Crippen molar-refractivity contribution in [3.8, 4) is 28.4 Å². The lowest BCUT2D eigenvalue weighted by molar-refractivity contribution is 0.300. The molecule has 8 nitrogen and oxygen atoms in total. The molecule has 208 valence electrons. The number of halogens is 4. The number of H-pyrrole nitrogens is 1. The number of rotatable bonds is 8. The first-order valence-electron chi connectivity index (χ1n) is 13.1. The van der Waals surface area contributed by atoms with Crippen LogP contribution in [0.2, 0.25) is 15.1 Å².